The molecular formula is C15H8Cl3N3O2. The van der Waals surface area contributed by atoms with Crippen LogP contribution in [0.4, 0.5) is 6.01 Å². The van der Waals surface area contributed by atoms with Crippen molar-refractivity contribution in [3.05, 3.63) is 63.1 Å². The molecule has 1 aromatic heterocycles. The number of anilines is 1. The van der Waals surface area contributed by atoms with Crippen LogP contribution in [0.3, 0.4) is 0 Å². The van der Waals surface area contributed by atoms with Crippen LogP contribution in [0.2, 0.25) is 15.1 Å². The van der Waals surface area contributed by atoms with Crippen LogP contribution in [0.5, 0.6) is 0 Å². The van der Waals surface area contributed by atoms with Gasteiger partial charge in [-0.1, -0.05) is 39.9 Å². The molecule has 3 rings (SSSR count). The van der Waals surface area contributed by atoms with E-state index in [9.17, 15) is 4.79 Å². The highest BCUT2D eigenvalue weighted by Crippen LogP contribution is 2.24. The molecule has 8 heteroatoms. The summed E-state index contributed by atoms with van der Waals surface area (Å²) < 4.78 is 5.40. The summed E-state index contributed by atoms with van der Waals surface area (Å²) in [7, 11) is 0. The van der Waals surface area contributed by atoms with E-state index in [1.165, 1.54) is 12.1 Å². The van der Waals surface area contributed by atoms with E-state index in [0.29, 0.717) is 15.6 Å². The topological polar surface area (TPSA) is 68.0 Å². The van der Waals surface area contributed by atoms with Gasteiger partial charge in [-0.05, 0) is 42.5 Å². The zero-order valence-electron chi connectivity index (χ0n) is 11.4. The van der Waals surface area contributed by atoms with Gasteiger partial charge in [0.15, 0.2) is 0 Å². The lowest BCUT2D eigenvalue weighted by Gasteiger charge is -2.03. The van der Waals surface area contributed by atoms with E-state index in [-0.39, 0.29) is 22.5 Å². The summed E-state index contributed by atoms with van der Waals surface area (Å²) >= 11 is 17.7. The Morgan fingerprint density at radius 3 is 2.39 bits per heavy atom. The molecular weight excluding hydrogens is 361 g/mol. The van der Waals surface area contributed by atoms with Crippen LogP contribution in [0.25, 0.3) is 11.5 Å². The minimum Gasteiger partial charge on any atom is -0.403 e. The van der Waals surface area contributed by atoms with E-state index in [1.807, 2.05) is 0 Å². The van der Waals surface area contributed by atoms with Crippen molar-refractivity contribution in [3.63, 3.8) is 0 Å². The maximum absolute atomic E-state index is 12.2. The third-order valence-electron chi connectivity index (χ3n) is 2.91. The predicted molar refractivity (Wildman–Crippen MR) is 89.2 cm³/mol. The number of rotatable bonds is 3. The normalized spacial score (nSPS) is 10.6. The number of nitrogens with zero attached hydrogens (tertiary/aromatic N) is 2. The molecule has 5 nitrogen and oxygen atoms in total. The summed E-state index contributed by atoms with van der Waals surface area (Å²) in [6.07, 6.45) is 0. The molecule has 1 N–H and O–H groups in total. The van der Waals surface area contributed by atoms with Crippen molar-refractivity contribution < 1.29 is 9.21 Å². The lowest BCUT2D eigenvalue weighted by molar-refractivity contribution is 0.102. The molecule has 116 valence electrons. The van der Waals surface area contributed by atoms with Gasteiger partial charge in [-0.15, -0.1) is 5.10 Å². The lowest BCUT2D eigenvalue weighted by atomic mass is 10.2. The predicted octanol–water partition coefficient (Wildman–Crippen LogP) is 4.95. The van der Waals surface area contributed by atoms with Crippen LogP contribution in [-0.2, 0) is 0 Å². The number of hydrogen-bond donors (Lipinski definition) is 1. The van der Waals surface area contributed by atoms with Crippen molar-refractivity contribution in [2.45, 2.75) is 0 Å². The zero-order chi connectivity index (χ0) is 16.4. The fourth-order valence-electron chi connectivity index (χ4n) is 1.82. The molecule has 0 fully saturated rings. The van der Waals surface area contributed by atoms with Crippen LogP contribution in [-0.4, -0.2) is 16.1 Å². The number of carbonyl (C=O) groups excluding carboxylic acids is 1. The van der Waals surface area contributed by atoms with Gasteiger partial charge < -0.3 is 4.42 Å². The number of benzene rings is 2. The van der Waals surface area contributed by atoms with E-state index in [0.717, 1.165) is 0 Å². The van der Waals surface area contributed by atoms with Gasteiger partial charge in [0, 0.05) is 15.6 Å². The fourth-order valence-corrected chi connectivity index (χ4v) is 2.32. The molecule has 1 heterocycles. The van der Waals surface area contributed by atoms with E-state index < -0.39 is 5.91 Å². The third kappa shape index (κ3) is 3.64. The second kappa shape index (κ2) is 6.58. The molecule has 0 aliphatic rings. The second-order valence-electron chi connectivity index (χ2n) is 4.50. The highest BCUT2D eigenvalue weighted by Gasteiger charge is 2.15. The number of carbonyl (C=O) groups is 1. The molecule has 1 amide bonds. The van der Waals surface area contributed by atoms with Crippen molar-refractivity contribution in [3.8, 4) is 11.5 Å². The number of amides is 1. The van der Waals surface area contributed by atoms with Gasteiger partial charge in [0.25, 0.3) is 5.91 Å². The Kier molecular flexibility index (Phi) is 4.52. The van der Waals surface area contributed by atoms with E-state index in [1.54, 1.807) is 30.3 Å². The number of hydrogen-bond acceptors (Lipinski definition) is 4. The van der Waals surface area contributed by atoms with Crippen LogP contribution < -0.4 is 5.32 Å². The quantitative estimate of drug-likeness (QED) is 0.710. The first-order valence-corrected chi connectivity index (χ1v) is 7.52. The standard InChI is InChI=1S/C15H8Cl3N3O2/c16-9-3-1-8(2-4-9)14-20-21-15(23-14)19-13(22)11-7-10(17)5-6-12(11)18/h1-7H,(H,19,21,22). The molecule has 0 atom stereocenters. The largest absolute Gasteiger partial charge is 0.403 e. The third-order valence-corrected chi connectivity index (χ3v) is 3.73. The van der Waals surface area contributed by atoms with Crippen molar-refractivity contribution in [1.29, 1.82) is 0 Å². The summed E-state index contributed by atoms with van der Waals surface area (Å²) in [5.74, 6) is -0.238. The highest BCUT2D eigenvalue weighted by atomic mass is 35.5. The zero-order valence-corrected chi connectivity index (χ0v) is 13.7. The summed E-state index contributed by atoms with van der Waals surface area (Å²) in [4.78, 5) is 12.2. The summed E-state index contributed by atoms with van der Waals surface area (Å²) in [5.41, 5.74) is 0.897. The molecule has 3 aromatic rings. The second-order valence-corrected chi connectivity index (χ2v) is 5.78. The van der Waals surface area contributed by atoms with Gasteiger partial charge in [-0.25, -0.2) is 0 Å². The average molecular weight is 369 g/mol. The molecule has 0 unspecified atom stereocenters. The van der Waals surface area contributed by atoms with E-state index >= 15 is 0 Å². The lowest BCUT2D eigenvalue weighted by Crippen LogP contribution is -2.12. The first kappa shape index (κ1) is 15.8. The van der Waals surface area contributed by atoms with Gasteiger partial charge in [-0.3, -0.25) is 10.1 Å². The highest BCUT2D eigenvalue weighted by molar-refractivity contribution is 6.36. The smallest absolute Gasteiger partial charge is 0.322 e. The Labute approximate surface area is 146 Å². The SMILES string of the molecule is O=C(Nc1nnc(-c2ccc(Cl)cc2)o1)c1cc(Cl)ccc1Cl. The Balaban J connectivity index is 1.80. The minimum absolute atomic E-state index is 0.0454. The Hall–Kier alpha value is -2.08. The maximum atomic E-state index is 12.2. The molecule has 0 spiro atoms. The van der Waals surface area contributed by atoms with Crippen LogP contribution in [0.1, 0.15) is 10.4 Å². The number of aromatic nitrogens is 2. The molecule has 2 aromatic carbocycles. The van der Waals surface area contributed by atoms with Gasteiger partial charge in [0.1, 0.15) is 0 Å². The molecule has 0 aliphatic heterocycles. The maximum Gasteiger partial charge on any atom is 0.322 e. The fraction of sp³-hybridized carbons (Fsp3) is 0. The molecule has 23 heavy (non-hydrogen) atoms. The molecule has 0 radical (unpaired) electrons. The van der Waals surface area contributed by atoms with Gasteiger partial charge in [0.05, 0.1) is 10.6 Å². The van der Waals surface area contributed by atoms with Gasteiger partial charge >= 0.3 is 6.01 Å². The van der Waals surface area contributed by atoms with Crippen molar-refractivity contribution in [2.75, 3.05) is 5.32 Å². The number of halogens is 3. The molecule has 0 saturated heterocycles. The number of nitrogens with one attached hydrogen (secondary N) is 1. The average Bonchev–Trinajstić information content (AvgIpc) is 2.99. The first-order valence-electron chi connectivity index (χ1n) is 6.39. The minimum atomic E-state index is -0.496. The Bertz CT molecular complexity index is 863. The van der Waals surface area contributed by atoms with E-state index in [2.05, 4.69) is 15.5 Å². The van der Waals surface area contributed by atoms with E-state index in [4.69, 9.17) is 39.2 Å². The molecule has 0 aliphatic carbocycles. The van der Waals surface area contributed by atoms with Crippen molar-refractivity contribution in [1.82, 2.24) is 10.2 Å². The van der Waals surface area contributed by atoms with Crippen molar-refractivity contribution >= 4 is 46.7 Å². The first-order chi connectivity index (χ1) is 11.0. The van der Waals surface area contributed by atoms with Gasteiger partial charge in [0.2, 0.25) is 5.89 Å². The summed E-state index contributed by atoms with van der Waals surface area (Å²) in [6.45, 7) is 0. The molecule has 0 bridgehead atoms. The van der Waals surface area contributed by atoms with Crippen LogP contribution >= 0.6 is 34.8 Å². The summed E-state index contributed by atoms with van der Waals surface area (Å²) in [5, 5.41) is 11.4. The van der Waals surface area contributed by atoms with Crippen LogP contribution in [0.15, 0.2) is 46.9 Å². The van der Waals surface area contributed by atoms with Crippen LogP contribution in [0, 0.1) is 0 Å². The summed E-state index contributed by atoms with van der Waals surface area (Å²) in [6, 6.07) is 11.4. The van der Waals surface area contributed by atoms with Gasteiger partial charge in [-0.2, -0.15) is 0 Å². The molecule has 0 saturated carbocycles. The van der Waals surface area contributed by atoms with Crippen molar-refractivity contribution in [2.24, 2.45) is 0 Å². The monoisotopic (exact) mass is 367 g/mol. The Morgan fingerprint density at radius 1 is 0.957 bits per heavy atom. The Morgan fingerprint density at radius 2 is 1.65 bits per heavy atom.